The van der Waals surface area contributed by atoms with Gasteiger partial charge in [0.25, 0.3) is 0 Å². The molecule has 0 aliphatic rings. The topological polar surface area (TPSA) is 17.1 Å². The molecule has 0 saturated heterocycles. The quantitative estimate of drug-likeness (QED) is 0.389. The molecule has 0 N–H and O–H groups in total. The summed E-state index contributed by atoms with van der Waals surface area (Å²) in [5.41, 5.74) is 0. The Morgan fingerprint density at radius 1 is 1.00 bits per heavy atom. The van der Waals surface area contributed by atoms with E-state index in [4.69, 9.17) is 18.0 Å². The van der Waals surface area contributed by atoms with Gasteiger partial charge in [0.1, 0.15) is 0 Å². The summed E-state index contributed by atoms with van der Waals surface area (Å²) in [5, 5.41) is 0. The molecule has 0 amide bonds. The first-order valence-electron chi connectivity index (χ1n) is 1.24. The number of hydrogen-bond donors (Lipinski definition) is 0. The molecule has 0 heterocycles. The van der Waals surface area contributed by atoms with E-state index in [0.29, 0.717) is 0 Å². The van der Waals surface area contributed by atoms with Crippen molar-refractivity contribution < 1.29 is 24.6 Å². The first-order chi connectivity index (χ1) is 2.91. The number of rotatable bonds is 1. The molecule has 42 valence electrons. The maximum Gasteiger partial charge on any atom is 0 e. The van der Waals surface area contributed by atoms with Gasteiger partial charge in [-0.1, -0.05) is 0 Å². The van der Waals surface area contributed by atoms with E-state index < -0.39 is 0 Å². The maximum absolute atomic E-state index is 7.75. The van der Waals surface area contributed by atoms with E-state index in [2.05, 4.69) is 6.79 Å². The number of allylic oxidation sites excluding steroid dienone is 2. The van der Waals surface area contributed by atoms with Gasteiger partial charge in [-0.2, -0.15) is 0 Å². The van der Waals surface area contributed by atoms with Crippen LogP contribution in [0.2, 0.25) is 0 Å². The van der Waals surface area contributed by atoms with E-state index in [-0.39, 0.29) is 19.8 Å². The zero-order valence-corrected chi connectivity index (χ0v) is 6.19. The molecule has 0 aliphatic heterocycles. The second kappa shape index (κ2) is 41.5. The van der Waals surface area contributed by atoms with Crippen molar-refractivity contribution in [3.05, 3.63) is 25.3 Å². The van der Waals surface area contributed by atoms with Crippen LogP contribution >= 0.6 is 0 Å². The molecule has 0 bridgehead atoms. The van der Waals surface area contributed by atoms with Crippen LogP contribution in [0.1, 0.15) is 0 Å². The molecule has 0 fully saturated rings. The third kappa shape index (κ3) is 134. The molecule has 0 spiro atoms. The summed E-state index contributed by atoms with van der Waals surface area (Å²) in [4.78, 5) is 7.75. The van der Waals surface area contributed by atoms with Crippen molar-refractivity contribution in [1.29, 1.82) is 0 Å². The Morgan fingerprint density at radius 2 is 1.14 bits per heavy atom. The van der Waals surface area contributed by atoms with E-state index in [1.54, 1.807) is 0 Å². The molecular formula is C5H5OOs-3. The van der Waals surface area contributed by atoms with Crippen molar-refractivity contribution in [3.63, 3.8) is 0 Å². The Hall–Kier alpha value is -0.214. The van der Waals surface area contributed by atoms with Gasteiger partial charge in [0.05, 0.1) is 0 Å². The molecule has 0 atom stereocenters. The smallest absolute Gasteiger partial charge is 0 e. The summed E-state index contributed by atoms with van der Waals surface area (Å²) in [6.07, 6.45) is 2.56. The minimum absolute atomic E-state index is 0. The van der Waals surface area contributed by atoms with E-state index >= 15 is 0 Å². The predicted molar refractivity (Wildman–Crippen MR) is 24.5 cm³/mol. The fourth-order valence-corrected chi connectivity index (χ4v) is 0. The van der Waals surface area contributed by atoms with Gasteiger partial charge in [-0.25, -0.2) is 0 Å². The standard InChI is InChI=1S/C4H4.CHO.Os/c1-3-4-2;1-2;/h1-4H;1H;/q-2;-1;. The van der Waals surface area contributed by atoms with Crippen LogP contribution in [0, 0.1) is 13.2 Å². The predicted octanol–water partition coefficient (Wildman–Crippen LogP) is 0.688. The average Bonchev–Trinajstić information content (AvgIpc) is 1.72. The molecule has 0 saturated carbocycles. The van der Waals surface area contributed by atoms with Crippen LogP contribution < -0.4 is 0 Å². The van der Waals surface area contributed by atoms with Crippen molar-refractivity contribution in [2.24, 2.45) is 0 Å². The van der Waals surface area contributed by atoms with Gasteiger partial charge in [0.15, 0.2) is 0 Å². The molecule has 0 radical (unpaired) electrons. The Balaban J connectivity index is -0.0000000480. The van der Waals surface area contributed by atoms with Gasteiger partial charge < -0.3 is 30.1 Å². The normalized spacial score (nSPS) is 3.43. The molecule has 0 aromatic rings. The zero-order chi connectivity index (χ0) is 5.41. The van der Waals surface area contributed by atoms with E-state index in [1.807, 2.05) is 0 Å². The van der Waals surface area contributed by atoms with Crippen molar-refractivity contribution in [1.82, 2.24) is 0 Å². The summed E-state index contributed by atoms with van der Waals surface area (Å²) in [7, 11) is 0. The SMILES string of the molecule is [CH-]=CC=[CH-].[CH-]=O.[Os]. The molecule has 0 aromatic heterocycles. The first kappa shape index (κ1) is 15.8. The molecule has 0 aliphatic carbocycles. The van der Waals surface area contributed by atoms with Crippen molar-refractivity contribution in [2.75, 3.05) is 0 Å². The Morgan fingerprint density at radius 3 is 1.14 bits per heavy atom. The fraction of sp³-hybridized carbons (Fsp3) is 0. The maximum atomic E-state index is 7.75. The zero-order valence-electron chi connectivity index (χ0n) is 3.65. The summed E-state index contributed by atoms with van der Waals surface area (Å²) in [6.45, 7) is 12.7. The Bertz CT molecular complexity index is 37.3. The monoisotopic (exact) mass is 273 g/mol. The van der Waals surface area contributed by atoms with Crippen LogP contribution in [-0.4, -0.2) is 6.79 Å². The summed E-state index contributed by atoms with van der Waals surface area (Å²) < 4.78 is 0. The third-order valence-electron chi connectivity index (χ3n) is 0.111. The molecular weight excluding hydrogens is 266 g/mol. The second-order valence-corrected chi connectivity index (χ2v) is 0.385. The molecule has 2 heteroatoms. The first-order valence-corrected chi connectivity index (χ1v) is 1.24. The van der Waals surface area contributed by atoms with Gasteiger partial charge in [0, 0.05) is 19.8 Å². The largest absolute Gasteiger partial charge is 0.545 e. The van der Waals surface area contributed by atoms with E-state index in [0.717, 1.165) is 0 Å². The van der Waals surface area contributed by atoms with Crippen molar-refractivity contribution in [2.45, 2.75) is 0 Å². The minimum Gasteiger partial charge on any atom is -0.545 e. The van der Waals surface area contributed by atoms with Gasteiger partial charge >= 0.3 is 0 Å². The molecule has 7 heavy (non-hydrogen) atoms. The van der Waals surface area contributed by atoms with Crippen LogP contribution in [0.3, 0.4) is 0 Å². The molecule has 0 rings (SSSR count). The van der Waals surface area contributed by atoms with Gasteiger partial charge in [-0.3, -0.25) is 6.79 Å². The van der Waals surface area contributed by atoms with E-state index in [9.17, 15) is 0 Å². The van der Waals surface area contributed by atoms with Gasteiger partial charge in [0.2, 0.25) is 0 Å². The molecule has 1 nitrogen and oxygen atoms in total. The minimum atomic E-state index is 0. The average molecular weight is 271 g/mol. The third-order valence-corrected chi connectivity index (χ3v) is 0.111. The molecule has 0 aromatic carbocycles. The molecule has 0 unspecified atom stereocenters. The summed E-state index contributed by atoms with van der Waals surface area (Å²) in [5.74, 6) is 0. The number of hydrogen-bond acceptors (Lipinski definition) is 1. The van der Waals surface area contributed by atoms with Gasteiger partial charge in [-0.15, -0.1) is 0 Å². The summed E-state index contributed by atoms with van der Waals surface area (Å²) in [6, 6.07) is 0. The summed E-state index contributed by atoms with van der Waals surface area (Å²) >= 11 is 0. The van der Waals surface area contributed by atoms with Gasteiger partial charge in [-0.05, 0) is 0 Å². The van der Waals surface area contributed by atoms with Crippen LogP contribution in [0.5, 0.6) is 0 Å². The second-order valence-electron chi connectivity index (χ2n) is 0.385. The van der Waals surface area contributed by atoms with Crippen LogP contribution in [0.15, 0.2) is 12.2 Å². The van der Waals surface area contributed by atoms with Crippen LogP contribution in [0.4, 0.5) is 0 Å². The Labute approximate surface area is 57.2 Å². The van der Waals surface area contributed by atoms with E-state index in [1.165, 1.54) is 12.2 Å². The Kier molecular flexibility index (Phi) is 94.1. The van der Waals surface area contributed by atoms with Crippen LogP contribution in [-0.2, 0) is 24.6 Å². The van der Waals surface area contributed by atoms with Crippen molar-refractivity contribution >= 4 is 6.79 Å². The fourth-order valence-electron chi connectivity index (χ4n) is 0. The number of carbonyl (C=O) groups excluding carboxylic acids is 1. The van der Waals surface area contributed by atoms with Crippen LogP contribution in [0.25, 0.3) is 0 Å². The van der Waals surface area contributed by atoms with Crippen molar-refractivity contribution in [3.8, 4) is 0 Å².